The first-order valence-corrected chi connectivity index (χ1v) is 7.48. The highest BCUT2D eigenvalue weighted by Crippen LogP contribution is 2.23. The van der Waals surface area contributed by atoms with Gasteiger partial charge in [0.25, 0.3) is 0 Å². The molecule has 2 atom stereocenters. The Morgan fingerprint density at radius 3 is 2.86 bits per heavy atom. The molecule has 0 saturated carbocycles. The number of carbonyl (C=O) groups is 1. The molecule has 21 heavy (non-hydrogen) atoms. The van der Waals surface area contributed by atoms with E-state index in [-0.39, 0.29) is 24.4 Å². The van der Waals surface area contributed by atoms with Crippen LogP contribution >= 0.6 is 12.4 Å². The van der Waals surface area contributed by atoms with Crippen molar-refractivity contribution < 1.29 is 9.53 Å². The van der Waals surface area contributed by atoms with Crippen LogP contribution in [0.2, 0.25) is 0 Å². The average molecular weight is 311 g/mol. The van der Waals surface area contributed by atoms with Gasteiger partial charge in [0.05, 0.1) is 13.2 Å². The van der Waals surface area contributed by atoms with Gasteiger partial charge >= 0.3 is 0 Å². The molecule has 0 bridgehead atoms. The molecule has 0 spiro atoms. The molecule has 1 aromatic rings. The van der Waals surface area contributed by atoms with Gasteiger partial charge in [-0.1, -0.05) is 30.3 Å². The summed E-state index contributed by atoms with van der Waals surface area (Å²) in [5.41, 5.74) is 1.16. The molecule has 3 rings (SSSR count). The maximum Gasteiger partial charge on any atom is 0.223 e. The van der Waals surface area contributed by atoms with Crippen LogP contribution in [0, 0.1) is 5.92 Å². The number of nitrogens with zero attached hydrogens (tertiary/aromatic N) is 1. The molecule has 2 fully saturated rings. The first-order chi connectivity index (χ1) is 9.83. The average Bonchev–Trinajstić information content (AvgIpc) is 3.01. The monoisotopic (exact) mass is 310 g/mol. The van der Waals surface area contributed by atoms with Crippen molar-refractivity contribution >= 4 is 18.3 Å². The van der Waals surface area contributed by atoms with Crippen molar-refractivity contribution in [2.24, 2.45) is 5.92 Å². The summed E-state index contributed by atoms with van der Waals surface area (Å²) in [7, 11) is 0. The molecule has 4 nitrogen and oxygen atoms in total. The third kappa shape index (κ3) is 4.19. The second kappa shape index (κ2) is 7.78. The van der Waals surface area contributed by atoms with E-state index in [1.807, 2.05) is 23.1 Å². The maximum absolute atomic E-state index is 12.4. The van der Waals surface area contributed by atoms with Gasteiger partial charge in [-0.3, -0.25) is 4.79 Å². The quantitative estimate of drug-likeness (QED) is 0.928. The fraction of sp³-hybridized carbons (Fsp3) is 0.562. The number of halogens is 1. The molecule has 0 radical (unpaired) electrons. The maximum atomic E-state index is 12.4. The molecule has 1 aromatic carbocycles. The van der Waals surface area contributed by atoms with Gasteiger partial charge in [0.2, 0.25) is 5.91 Å². The largest absolute Gasteiger partial charge is 0.370 e. The Morgan fingerprint density at radius 2 is 2.14 bits per heavy atom. The molecule has 2 unspecified atom stereocenters. The van der Waals surface area contributed by atoms with Crippen LogP contribution in [0.5, 0.6) is 0 Å². The van der Waals surface area contributed by atoms with Crippen molar-refractivity contribution in [3.8, 4) is 0 Å². The lowest BCUT2D eigenvalue weighted by Crippen LogP contribution is -2.42. The Morgan fingerprint density at radius 1 is 1.33 bits per heavy atom. The van der Waals surface area contributed by atoms with Gasteiger partial charge in [0.15, 0.2) is 0 Å². The van der Waals surface area contributed by atoms with E-state index in [0.717, 1.165) is 31.6 Å². The molecular weight excluding hydrogens is 288 g/mol. The van der Waals surface area contributed by atoms with Crippen LogP contribution in [0.15, 0.2) is 30.3 Å². The molecular formula is C16H23ClN2O2. The number of morpholine rings is 1. The fourth-order valence-electron chi connectivity index (χ4n) is 3.01. The van der Waals surface area contributed by atoms with E-state index in [9.17, 15) is 4.79 Å². The van der Waals surface area contributed by atoms with Crippen LogP contribution in [0.3, 0.4) is 0 Å². The molecule has 1 amide bonds. The van der Waals surface area contributed by atoms with Crippen LogP contribution in [-0.2, 0) is 9.53 Å². The first kappa shape index (κ1) is 16.3. The van der Waals surface area contributed by atoms with E-state index in [4.69, 9.17) is 4.74 Å². The standard InChI is InChI=1S/C16H22N2O2.ClH/c19-16(10-13-6-7-17-11-13)18-8-9-20-15(12-18)14-4-2-1-3-5-14;/h1-5,13,15,17H,6-12H2;1H. The lowest BCUT2D eigenvalue weighted by Gasteiger charge is -2.33. The lowest BCUT2D eigenvalue weighted by molar-refractivity contribution is -0.139. The van der Waals surface area contributed by atoms with E-state index in [1.165, 1.54) is 0 Å². The van der Waals surface area contributed by atoms with E-state index in [0.29, 0.717) is 25.5 Å². The van der Waals surface area contributed by atoms with Crippen LogP contribution in [0.1, 0.15) is 24.5 Å². The van der Waals surface area contributed by atoms with Crippen molar-refractivity contribution in [2.75, 3.05) is 32.8 Å². The predicted octanol–water partition coefficient (Wildman–Crippen LogP) is 2.01. The van der Waals surface area contributed by atoms with Crippen molar-refractivity contribution in [1.82, 2.24) is 10.2 Å². The highest BCUT2D eigenvalue weighted by molar-refractivity contribution is 5.85. The van der Waals surface area contributed by atoms with Gasteiger partial charge in [0.1, 0.15) is 6.10 Å². The number of ether oxygens (including phenoxy) is 1. The topological polar surface area (TPSA) is 41.6 Å². The fourth-order valence-corrected chi connectivity index (χ4v) is 3.01. The second-order valence-electron chi connectivity index (χ2n) is 5.67. The minimum atomic E-state index is 0. The number of nitrogens with one attached hydrogen (secondary N) is 1. The van der Waals surface area contributed by atoms with Crippen LogP contribution in [0.25, 0.3) is 0 Å². The van der Waals surface area contributed by atoms with Gasteiger partial charge in [-0.2, -0.15) is 0 Å². The van der Waals surface area contributed by atoms with Crippen molar-refractivity contribution in [2.45, 2.75) is 18.9 Å². The smallest absolute Gasteiger partial charge is 0.223 e. The molecule has 5 heteroatoms. The number of rotatable bonds is 3. The Labute approximate surface area is 132 Å². The molecule has 0 aromatic heterocycles. The predicted molar refractivity (Wildman–Crippen MR) is 84.6 cm³/mol. The second-order valence-corrected chi connectivity index (χ2v) is 5.67. The number of benzene rings is 1. The van der Waals surface area contributed by atoms with E-state index < -0.39 is 0 Å². The van der Waals surface area contributed by atoms with Gasteiger partial charge in [-0.25, -0.2) is 0 Å². The Hall–Kier alpha value is -1.10. The van der Waals surface area contributed by atoms with Gasteiger partial charge in [-0.05, 0) is 31.0 Å². The SMILES string of the molecule is Cl.O=C(CC1CCNC1)N1CCOC(c2ccccc2)C1. The van der Waals surface area contributed by atoms with Crippen LogP contribution in [-0.4, -0.2) is 43.6 Å². The molecule has 116 valence electrons. The summed E-state index contributed by atoms with van der Waals surface area (Å²) < 4.78 is 5.81. The summed E-state index contributed by atoms with van der Waals surface area (Å²) in [6, 6.07) is 10.2. The minimum absolute atomic E-state index is 0. The zero-order chi connectivity index (χ0) is 13.8. The van der Waals surface area contributed by atoms with Gasteiger partial charge < -0.3 is 15.0 Å². The van der Waals surface area contributed by atoms with Gasteiger partial charge in [-0.15, -0.1) is 12.4 Å². The minimum Gasteiger partial charge on any atom is -0.370 e. The van der Waals surface area contributed by atoms with Crippen LogP contribution < -0.4 is 5.32 Å². The van der Waals surface area contributed by atoms with E-state index in [2.05, 4.69) is 17.4 Å². The molecule has 1 N–H and O–H groups in total. The first-order valence-electron chi connectivity index (χ1n) is 7.48. The highest BCUT2D eigenvalue weighted by Gasteiger charge is 2.27. The summed E-state index contributed by atoms with van der Waals surface area (Å²) in [5, 5.41) is 3.32. The number of hydrogen-bond donors (Lipinski definition) is 1. The summed E-state index contributed by atoms with van der Waals surface area (Å²) >= 11 is 0. The summed E-state index contributed by atoms with van der Waals surface area (Å²) in [5.74, 6) is 0.795. The van der Waals surface area contributed by atoms with Crippen molar-refractivity contribution in [3.05, 3.63) is 35.9 Å². The van der Waals surface area contributed by atoms with Crippen molar-refractivity contribution in [3.63, 3.8) is 0 Å². The van der Waals surface area contributed by atoms with E-state index >= 15 is 0 Å². The highest BCUT2D eigenvalue weighted by atomic mass is 35.5. The Bertz CT molecular complexity index is 449. The summed E-state index contributed by atoms with van der Waals surface area (Å²) in [6.07, 6.45) is 1.82. The zero-order valence-corrected chi connectivity index (χ0v) is 13.0. The third-order valence-electron chi connectivity index (χ3n) is 4.22. The molecule has 0 aliphatic carbocycles. The van der Waals surface area contributed by atoms with E-state index in [1.54, 1.807) is 0 Å². The number of hydrogen-bond acceptors (Lipinski definition) is 3. The molecule has 2 aliphatic rings. The number of carbonyl (C=O) groups excluding carboxylic acids is 1. The summed E-state index contributed by atoms with van der Waals surface area (Å²) in [4.78, 5) is 14.3. The Balaban J connectivity index is 0.00000161. The molecule has 2 heterocycles. The van der Waals surface area contributed by atoms with Crippen molar-refractivity contribution in [1.29, 1.82) is 0 Å². The van der Waals surface area contributed by atoms with Crippen LogP contribution in [0.4, 0.5) is 0 Å². The third-order valence-corrected chi connectivity index (χ3v) is 4.22. The summed E-state index contributed by atoms with van der Waals surface area (Å²) in [6.45, 7) is 4.07. The normalized spacial score (nSPS) is 25.4. The van der Waals surface area contributed by atoms with Gasteiger partial charge in [0, 0.05) is 13.0 Å². The Kier molecular flexibility index (Phi) is 6.03. The molecule has 2 aliphatic heterocycles. The number of amides is 1. The zero-order valence-electron chi connectivity index (χ0n) is 12.2. The lowest BCUT2D eigenvalue weighted by atomic mass is 10.0. The molecule has 2 saturated heterocycles.